The summed E-state index contributed by atoms with van der Waals surface area (Å²) in [5.74, 6) is -0.179. The molecule has 12 heavy (non-hydrogen) atoms. The zero-order valence-electron chi connectivity index (χ0n) is 6.33. The van der Waals surface area contributed by atoms with Crippen LogP contribution in [0.4, 0.5) is 4.39 Å². The molecule has 0 unspecified atom stereocenters. The molecule has 0 saturated carbocycles. The number of rotatable bonds is 1. The third-order valence-corrected chi connectivity index (χ3v) is 1.85. The first-order valence-electron chi connectivity index (χ1n) is 3.69. The molecule has 1 aliphatic heterocycles. The maximum Gasteiger partial charge on any atom is 0.272 e. The second kappa shape index (κ2) is 2.58. The zero-order valence-corrected chi connectivity index (χ0v) is 6.33. The van der Waals surface area contributed by atoms with Gasteiger partial charge in [-0.15, -0.1) is 0 Å². The lowest BCUT2D eigenvalue weighted by atomic mass is 10.2. The molecule has 0 bridgehead atoms. The number of carbonyl (C=O) groups is 1. The zero-order chi connectivity index (χ0) is 8.55. The molecule has 1 amide bonds. The van der Waals surface area contributed by atoms with Crippen molar-refractivity contribution >= 4 is 5.91 Å². The average molecular weight is 169 g/mol. The summed E-state index contributed by atoms with van der Waals surface area (Å²) in [5.41, 5.74) is 0.418. The molecule has 0 aromatic carbocycles. The third kappa shape index (κ3) is 1.07. The Morgan fingerprint density at radius 1 is 1.75 bits per heavy atom. The molecule has 2 heterocycles. The van der Waals surface area contributed by atoms with Crippen molar-refractivity contribution in [3.63, 3.8) is 0 Å². The van der Waals surface area contributed by atoms with Crippen LogP contribution in [-0.4, -0.2) is 40.0 Å². The van der Waals surface area contributed by atoms with Gasteiger partial charge in [0.2, 0.25) is 0 Å². The molecule has 1 aliphatic rings. The number of hydrogen-bond donors (Lipinski definition) is 1. The number of nitrogens with one attached hydrogen (secondary N) is 1. The van der Waals surface area contributed by atoms with Crippen molar-refractivity contribution < 1.29 is 9.18 Å². The lowest BCUT2D eigenvalue weighted by Crippen LogP contribution is -2.51. The summed E-state index contributed by atoms with van der Waals surface area (Å²) in [7, 11) is 0. The molecule has 1 saturated heterocycles. The minimum absolute atomic E-state index is 0.179. The van der Waals surface area contributed by atoms with E-state index in [9.17, 15) is 9.18 Å². The lowest BCUT2D eigenvalue weighted by molar-refractivity contribution is 0.0395. The number of amides is 1. The summed E-state index contributed by atoms with van der Waals surface area (Å²) < 4.78 is 12.3. The Bertz CT molecular complexity index is 279. The summed E-state index contributed by atoms with van der Waals surface area (Å²) in [4.78, 5) is 19.1. The van der Waals surface area contributed by atoms with Gasteiger partial charge in [0.15, 0.2) is 0 Å². The van der Waals surface area contributed by atoms with Crippen molar-refractivity contribution in [2.75, 3.05) is 13.1 Å². The van der Waals surface area contributed by atoms with E-state index in [4.69, 9.17) is 0 Å². The molecule has 1 aromatic rings. The summed E-state index contributed by atoms with van der Waals surface area (Å²) in [5, 5.41) is 0. The topological polar surface area (TPSA) is 49.0 Å². The average Bonchev–Trinajstić information content (AvgIpc) is 2.49. The number of imidazole rings is 1. The molecule has 0 spiro atoms. The molecule has 2 rings (SSSR count). The maximum atomic E-state index is 12.3. The fourth-order valence-electron chi connectivity index (χ4n) is 1.13. The Morgan fingerprint density at radius 3 is 3.00 bits per heavy atom. The quantitative estimate of drug-likeness (QED) is 0.653. The highest BCUT2D eigenvalue weighted by Gasteiger charge is 2.31. The number of H-pyrrole nitrogens is 1. The van der Waals surface area contributed by atoms with Crippen LogP contribution < -0.4 is 0 Å². The highest BCUT2D eigenvalue weighted by molar-refractivity contribution is 5.92. The number of aromatic amines is 1. The second-order valence-electron chi connectivity index (χ2n) is 2.77. The Hall–Kier alpha value is -1.39. The number of halogens is 1. The Balaban J connectivity index is 2.03. The summed E-state index contributed by atoms with van der Waals surface area (Å²) in [6.45, 7) is 0.412. The second-order valence-corrected chi connectivity index (χ2v) is 2.77. The fourth-order valence-corrected chi connectivity index (χ4v) is 1.13. The number of alkyl halides is 1. The van der Waals surface area contributed by atoms with Gasteiger partial charge in [-0.2, -0.15) is 0 Å². The molecule has 1 aromatic heterocycles. The van der Waals surface area contributed by atoms with Crippen LogP contribution in [0.3, 0.4) is 0 Å². The molecule has 64 valence electrons. The molecule has 0 aliphatic carbocycles. The monoisotopic (exact) mass is 169 g/mol. The van der Waals surface area contributed by atoms with Crippen molar-refractivity contribution in [3.05, 3.63) is 18.2 Å². The molecule has 1 N–H and O–H groups in total. The highest BCUT2D eigenvalue weighted by atomic mass is 19.1. The van der Waals surface area contributed by atoms with Gasteiger partial charge in [0, 0.05) is 0 Å². The maximum absolute atomic E-state index is 12.3. The normalized spacial score (nSPS) is 17.6. The lowest BCUT2D eigenvalue weighted by Gasteiger charge is -2.33. The van der Waals surface area contributed by atoms with E-state index < -0.39 is 6.17 Å². The molecule has 5 heteroatoms. The van der Waals surface area contributed by atoms with Crippen LogP contribution in [0.25, 0.3) is 0 Å². The van der Waals surface area contributed by atoms with E-state index in [-0.39, 0.29) is 19.0 Å². The van der Waals surface area contributed by atoms with Crippen molar-refractivity contribution in [1.82, 2.24) is 14.9 Å². The summed E-state index contributed by atoms with van der Waals surface area (Å²) in [6.07, 6.45) is 2.02. The third-order valence-electron chi connectivity index (χ3n) is 1.85. The summed E-state index contributed by atoms with van der Waals surface area (Å²) in [6, 6.07) is 0. The number of carbonyl (C=O) groups excluding carboxylic acids is 1. The van der Waals surface area contributed by atoms with Gasteiger partial charge in [0.05, 0.1) is 25.6 Å². The van der Waals surface area contributed by atoms with Gasteiger partial charge < -0.3 is 9.88 Å². The van der Waals surface area contributed by atoms with Gasteiger partial charge in [-0.05, 0) is 0 Å². The number of nitrogens with zero attached hydrogens (tertiary/aromatic N) is 2. The molecule has 0 radical (unpaired) electrons. The van der Waals surface area contributed by atoms with E-state index in [1.165, 1.54) is 17.4 Å². The van der Waals surface area contributed by atoms with Crippen LogP contribution in [0.1, 0.15) is 10.5 Å². The van der Waals surface area contributed by atoms with E-state index in [0.717, 1.165) is 0 Å². The molecule has 0 atom stereocenters. The first-order chi connectivity index (χ1) is 5.77. The van der Waals surface area contributed by atoms with E-state index in [1.54, 1.807) is 0 Å². The van der Waals surface area contributed by atoms with Gasteiger partial charge in [-0.25, -0.2) is 9.37 Å². The predicted octanol–water partition coefficient (Wildman–Crippen LogP) is 0.204. The van der Waals surface area contributed by atoms with Crippen LogP contribution in [0.2, 0.25) is 0 Å². The van der Waals surface area contributed by atoms with Crippen LogP contribution in [0.5, 0.6) is 0 Å². The SMILES string of the molecule is O=C(c1cnc[nH]1)N1CC(F)C1. The fraction of sp³-hybridized carbons (Fsp3) is 0.429. The van der Waals surface area contributed by atoms with Gasteiger partial charge in [0.1, 0.15) is 11.9 Å². The van der Waals surface area contributed by atoms with Crippen LogP contribution in [0, 0.1) is 0 Å². The van der Waals surface area contributed by atoms with Gasteiger partial charge in [-0.1, -0.05) is 0 Å². The predicted molar refractivity (Wildman–Crippen MR) is 39.4 cm³/mol. The molecular formula is C7H8FN3O. The van der Waals surface area contributed by atoms with Crippen LogP contribution >= 0.6 is 0 Å². The van der Waals surface area contributed by atoms with E-state index >= 15 is 0 Å². The van der Waals surface area contributed by atoms with Crippen LogP contribution in [-0.2, 0) is 0 Å². The first kappa shape index (κ1) is 7.27. The van der Waals surface area contributed by atoms with Crippen LogP contribution in [0.15, 0.2) is 12.5 Å². The minimum Gasteiger partial charge on any atom is -0.341 e. The highest BCUT2D eigenvalue weighted by Crippen LogP contribution is 2.13. The summed E-state index contributed by atoms with van der Waals surface area (Å²) >= 11 is 0. The standard InChI is InChI=1S/C7H8FN3O/c8-5-2-11(3-5)7(12)6-1-9-4-10-6/h1,4-5H,2-3H2,(H,9,10). The van der Waals surface area contributed by atoms with E-state index in [0.29, 0.717) is 5.69 Å². The molecular weight excluding hydrogens is 161 g/mol. The molecule has 4 nitrogen and oxygen atoms in total. The Morgan fingerprint density at radius 2 is 2.50 bits per heavy atom. The smallest absolute Gasteiger partial charge is 0.272 e. The number of aromatic nitrogens is 2. The van der Waals surface area contributed by atoms with Crippen molar-refractivity contribution in [3.8, 4) is 0 Å². The van der Waals surface area contributed by atoms with Crippen molar-refractivity contribution in [2.24, 2.45) is 0 Å². The van der Waals surface area contributed by atoms with Gasteiger partial charge in [0.25, 0.3) is 5.91 Å². The van der Waals surface area contributed by atoms with Crippen molar-refractivity contribution in [1.29, 1.82) is 0 Å². The minimum atomic E-state index is -0.850. The van der Waals surface area contributed by atoms with Gasteiger partial charge in [-0.3, -0.25) is 4.79 Å². The van der Waals surface area contributed by atoms with E-state index in [2.05, 4.69) is 9.97 Å². The van der Waals surface area contributed by atoms with Crippen molar-refractivity contribution in [2.45, 2.75) is 6.17 Å². The number of hydrogen-bond acceptors (Lipinski definition) is 2. The molecule has 1 fully saturated rings. The Kier molecular flexibility index (Phi) is 1.56. The first-order valence-corrected chi connectivity index (χ1v) is 3.69. The largest absolute Gasteiger partial charge is 0.341 e. The van der Waals surface area contributed by atoms with Gasteiger partial charge >= 0.3 is 0 Å². The van der Waals surface area contributed by atoms with E-state index in [1.807, 2.05) is 0 Å². The Labute approximate surface area is 68.4 Å². The number of likely N-dealkylation sites (tertiary alicyclic amines) is 1.